The largest absolute Gasteiger partial charge is 0.478 e. The van der Waals surface area contributed by atoms with Gasteiger partial charge in [0.2, 0.25) is 0 Å². The number of pyridine rings is 1. The van der Waals surface area contributed by atoms with Gasteiger partial charge in [0.05, 0.1) is 29.7 Å². The minimum atomic E-state index is -4.86. The number of hydrogen-bond acceptors (Lipinski definition) is 7. The number of carbonyl (C=O) groups excluding carboxylic acids is 1. The number of rotatable bonds is 11. The molecule has 2 N–H and O–H groups in total. The van der Waals surface area contributed by atoms with Crippen LogP contribution >= 0.6 is 0 Å². The van der Waals surface area contributed by atoms with Gasteiger partial charge in [0.25, 0.3) is 0 Å². The van der Waals surface area contributed by atoms with E-state index >= 15 is 0 Å². The number of allylic oxidation sites excluding steroid dienone is 2. The number of carboxylic acid groups (broad SMARTS) is 1. The molecule has 270 valence electrons. The molecule has 3 aromatic carbocycles. The number of ether oxygens (including phenoxy) is 1. The van der Waals surface area contributed by atoms with Crippen LogP contribution in [0.2, 0.25) is 0 Å². The Kier molecular flexibility index (Phi) is 11.1. The second-order valence-corrected chi connectivity index (χ2v) is 13.0. The summed E-state index contributed by atoms with van der Waals surface area (Å²) < 4.78 is 47.5. The Bertz CT molecular complexity index is 1900. The fourth-order valence-electron chi connectivity index (χ4n) is 7.26. The number of nitrogens with zero attached hydrogens (tertiary/aromatic N) is 3. The Morgan fingerprint density at radius 3 is 2.02 bits per heavy atom. The molecule has 1 fully saturated rings. The molecule has 1 saturated heterocycles. The van der Waals surface area contributed by atoms with Crippen LogP contribution in [-0.2, 0) is 26.9 Å². The van der Waals surface area contributed by atoms with Crippen molar-refractivity contribution in [2.45, 2.75) is 44.8 Å². The minimum Gasteiger partial charge on any atom is -0.478 e. The molecule has 0 aliphatic carbocycles. The van der Waals surface area contributed by atoms with Gasteiger partial charge in [-0.1, -0.05) is 78.9 Å². The van der Waals surface area contributed by atoms with E-state index in [4.69, 9.17) is 4.74 Å². The van der Waals surface area contributed by atoms with E-state index in [-0.39, 0.29) is 35.2 Å². The van der Waals surface area contributed by atoms with E-state index in [9.17, 15) is 27.9 Å². The number of alkyl halides is 3. The summed E-state index contributed by atoms with van der Waals surface area (Å²) >= 11 is 0. The molecule has 52 heavy (non-hydrogen) atoms. The molecule has 0 saturated carbocycles. The highest BCUT2D eigenvalue weighted by atomic mass is 19.4. The van der Waals surface area contributed by atoms with E-state index in [2.05, 4.69) is 92.9 Å². The molecule has 0 spiro atoms. The van der Waals surface area contributed by atoms with Gasteiger partial charge in [-0.2, -0.15) is 13.2 Å². The number of benzene rings is 3. The van der Waals surface area contributed by atoms with Crippen molar-refractivity contribution in [2.75, 3.05) is 37.7 Å². The van der Waals surface area contributed by atoms with Crippen LogP contribution in [0.5, 0.6) is 0 Å². The smallest absolute Gasteiger partial charge is 0.433 e. The summed E-state index contributed by atoms with van der Waals surface area (Å²) in [6.07, 6.45) is -2.80. The number of halogens is 3. The molecule has 8 nitrogen and oxygen atoms in total. The van der Waals surface area contributed by atoms with Crippen molar-refractivity contribution >= 4 is 17.6 Å². The van der Waals surface area contributed by atoms with Crippen LogP contribution in [0.4, 0.5) is 18.9 Å². The zero-order valence-electron chi connectivity index (χ0n) is 29.1. The van der Waals surface area contributed by atoms with E-state index in [1.54, 1.807) is 0 Å². The van der Waals surface area contributed by atoms with Gasteiger partial charge in [-0.05, 0) is 67.1 Å². The number of esters is 1. The van der Waals surface area contributed by atoms with Crippen molar-refractivity contribution in [2.24, 2.45) is 0 Å². The number of piperazine rings is 1. The van der Waals surface area contributed by atoms with Gasteiger partial charge < -0.3 is 20.1 Å². The predicted molar refractivity (Wildman–Crippen MR) is 192 cm³/mol. The molecule has 0 amide bonds. The monoisotopic (exact) mass is 710 g/mol. The van der Waals surface area contributed by atoms with E-state index < -0.39 is 35.3 Å². The SMILES string of the molecule is CC1=C(C(=O)O)C(c2cccnc2C(F)(F)F)C(C(=O)OCCCc2ccc(N3CCN(C(c4ccccc4)c4ccccc4)CC3)cc2)=C(C)N1. The summed E-state index contributed by atoms with van der Waals surface area (Å²) in [7, 11) is 0. The van der Waals surface area contributed by atoms with Gasteiger partial charge in [0.1, 0.15) is 5.69 Å². The number of nitrogens with one attached hydrogen (secondary N) is 1. The average Bonchev–Trinajstić information content (AvgIpc) is 3.14. The molecule has 1 aromatic heterocycles. The van der Waals surface area contributed by atoms with Crippen molar-refractivity contribution in [3.8, 4) is 0 Å². The molecular formula is C41H41F3N4O4. The number of dihydropyridines is 1. The highest BCUT2D eigenvalue weighted by Crippen LogP contribution is 2.43. The topological polar surface area (TPSA) is 95.0 Å². The van der Waals surface area contributed by atoms with Crippen LogP contribution in [0.15, 0.2) is 126 Å². The number of aromatic nitrogens is 1. The molecular weight excluding hydrogens is 669 g/mol. The first-order valence-corrected chi connectivity index (χ1v) is 17.3. The predicted octanol–water partition coefficient (Wildman–Crippen LogP) is 7.51. The fourth-order valence-corrected chi connectivity index (χ4v) is 7.26. The third kappa shape index (κ3) is 8.05. The molecule has 4 aromatic rings. The summed E-state index contributed by atoms with van der Waals surface area (Å²) in [5.74, 6) is -3.85. The summed E-state index contributed by atoms with van der Waals surface area (Å²) in [5, 5.41) is 12.8. The average molecular weight is 711 g/mol. The van der Waals surface area contributed by atoms with Crippen molar-refractivity contribution in [1.29, 1.82) is 0 Å². The van der Waals surface area contributed by atoms with Crippen LogP contribution < -0.4 is 10.2 Å². The Morgan fingerprint density at radius 2 is 1.44 bits per heavy atom. The zero-order chi connectivity index (χ0) is 36.8. The molecule has 1 atom stereocenters. The van der Waals surface area contributed by atoms with Gasteiger partial charge in [0, 0.05) is 49.5 Å². The minimum absolute atomic E-state index is 0.000306. The molecule has 6 rings (SSSR count). The zero-order valence-corrected chi connectivity index (χ0v) is 29.1. The standard InChI is InChI=1S/C41H41F3N4O4/c1-27-34(39(49)50)36(33-16-9-21-45-38(33)41(42,43)44)35(28(2)46-27)40(51)52-26-10-11-29-17-19-32(20-18-29)47-22-24-48(25-23-47)37(30-12-5-3-6-13-30)31-14-7-4-8-15-31/h3-9,12-21,36-37,46H,10-11,22-26H2,1-2H3,(H,49,50). The number of carboxylic acids is 1. The highest BCUT2D eigenvalue weighted by molar-refractivity contribution is 5.99. The van der Waals surface area contributed by atoms with E-state index in [1.165, 1.54) is 31.0 Å². The van der Waals surface area contributed by atoms with Crippen molar-refractivity contribution < 1.29 is 32.6 Å². The quantitative estimate of drug-likeness (QED) is 0.122. The number of aliphatic carboxylic acids is 1. The normalized spacial score (nSPS) is 17.0. The highest BCUT2D eigenvalue weighted by Gasteiger charge is 2.44. The molecule has 11 heteroatoms. The van der Waals surface area contributed by atoms with E-state index in [0.717, 1.165) is 49.7 Å². The first-order valence-electron chi connectivity index (χ1n) is 17.3. The lowest BCUT2D eigenvalue weighted by Gasteiger charge is -2.40. The second kappa shape index (κ2) is 15.9. The Morgan fingerprint density at radius 1 is 0.846 bits per heavy atom. The lowest BCUT2D eigenvalue weighted by molar-refractivity contribution is -0.143. The third-order valence-electron chi connectivity index (χ3n) is 9.68. The second-order valence-electron chi connectivity index (χ2n) is 13.0. The van der Waals surface area contributed by atoms with E-state index in [1.807, 2.05) is 12.1 Å². The third-order valence-corrected chi connectivity index (χ3v) is 9.68. The lowest BCUT2D eigenvalue weighted by Crippen LogP contribution is -2.48. The summed E-state index contributed by atoms with van der Waals surface area (Å²) in [6.45, 7) is 6.56. The van der Waals surface area contributed by atoms with Gasteiger partial charge >= 0.3 is 18.1 Å². The Balaban J connectivity index is 1.06. The van der Waals surface area contributed by atoms with Crippen LogP contribution in [-0.4, -0.2) is 59.7 Å². The van der Waals surface area contributed by atoms with Gasteiger partial charge in [-0.25, -0.2) is 9.59 Å². The molecule has 1 unspecified atom stereocenters. The maximum atomic E-state index is 14.0. The fraction of sp³-hybridized carbons (Fsp3) is 0.293. The first-order chi connectivity index (χ1) is 25.0. The van der Waals surface area contributed by atoms with Crippen LogP contribution in [0.1, 0.15) is 60.2 Å². The first kappa shape index (κ1) is 36.4. The number of hydrogen-bond donors (Lipinski definition) is 2. The number of anilines is 1. The molecule has 0 bridgehead atoms. The van der Waals surface area contributed by atoms with Crippen molar-refractivity contribution in [3.05, 3.63) is 154 Å². The maximum Gasteiger partial charge on any atom is 0.433 e. The Labute approximate surface area is 301 Å². The number of aryl methyl sites for hydroxylation is 1. The lowest BCUT2D eigenvalue weighted by atomic mass is 9.79. The van der Waals surface area contributed by atoms with Crippen LogP contribution in [0.3, 0.4) is 0 Å². The van der Waals surface area contributed by atoms with Gasteiger partial charge in [0.15, 0.2) is 0 Å². The number of carbonyl (C=O) groups is 2. The summed E-state index contributed by atoms with van der Waals surface area (Å²) in [4.78, 5) is 34.2. The van der Waals surface area contributed by atoms with Gasteiger partial charge in [-0.3, -0.25) is 9.88 Å². The molecule has 0 radical (unpaired) electrons. The maximum absolute atomic E-state index is 14.0. The molecule has 2 aliphatic heterocycles. The van der Waals surface area contributed by atoms with Gasteiger partial charge in [-0.15, -0.1) is 0 Å². The summed E-state index contributed by atoms with van der Waals surface area (Å²) in [6, 6.07) is 32.1. The summed E-state index contributed by atoms with van der Waals surface area (Å²) in [5.41, 5.74) is 2.87. The van der Waals surface area contributed by atoms with Crippen LogP contribution in [0, 0.1) is 0 Å². The molecule has 2 aliphatic rings. The van der Waals surface area contributed by atoms with Crippen molar-refractivity contribution in [1.82, 2.24) is 15.2 Å². The van der Waals surface area contributed by atoms with E-state index in [0.29, 0.717) is 12.8 Å². The Hall–Kier alpha value is -5.42. The van der Waals surface area contributed by atoms with Crippen molar-refractivity contribution in [3.63, 3.8) is 0 Å². The van der Waals surface area contributed by atoms with Crippen LogP contribution in [0.25, 0.3) is 0 Å². The molecule has 3 heterocycles.